The van der Waals surface area contributed by atoms with E-state index >= 15 is 0 Å². The average Bonchev–Trinajstić information content (AvgIpc) is 3.38. The van der Waals surface area contributed by atoms with E-state index in [1.165, 1.54) is 6.07 Å². The summed E-state index contributed by atoms with van der Waals surface area (Å²) in [5, 5.41) is 6.35. The molecule has 180 valence electrons. The highest BCUT2D eigenvalue weighted by atomic mass is 19.2. The Morgan fingerprint density at radius 1 is 1.15 bits per heavy atom. The van der Waals surface area contributed by atoms with Gasteiger partial charge in [-0.05, 0) is 43.7 Å². The second-order valence-corrected chi connectivity index (χ2v) is 8.42. The fraction of sp³-hybridized carbons (Fsp3) is 0.385. The van der Waals surface area contributed by atoms with Gasteiger partial charge < -0.3 is 4.74 Å². The number of carbonyl (C=O) groups is 1. The van der Waals surface area contributed by atoms with Crippen molar-refractivity contribution >= 4 is 5.78 Å². The topological polar surface area (TPSA) is 56.6 Å². The van der Waals surface area contributed by atoms with Crippen LogP contribution in [0.3, 0.4) is 0 Å². The fourth-order valence-corrected chi connectivity index (χ4v) is 4.37. The molecule has 0 spiro atoms. The zero-order valence-corrected chi connectivity index (χ0v) is 19.6. The zero-order valence-electron chi connectivity index (χ0n) is 19.6. The van der Waals surface area contributed by atoms with Crippen molar-refractivity contribution in [3.8, 4) is 11.6 Å². The van der Waals surface area contributed by atoms with Crippen molar-refractivity contribution in [1.29, 1.82) is 0 Å². The minimum atomic E-state index is -0.924. The average molecular weight is 470 g/mol. The number of benzene rings is 2. The van der Waals surface area contributed by atoms with Crippen molar-refractivity contribution in [1.82, 2.24) is 14.8 Å². The van der Waals surface area contributed by atoms with Crippen LogP contribution in [0.2, 0.25) is 0 Å². The summed E-state index contributed by atoms with van der Waals surface area (Å²) < 4.78 is 34.8. The molecule has 34 heavy (non-hydrogen) atoms. The smallest absolute Gasteiger partial charge is 0.236 e. The van der Waals surface area contributed by atoms with Crippen LogP contribution in [0.25, 0.3) is 5.69 Å². The Morgan fingerprint density at radius 2 is 1.91 bits per heavy atom. The number of aromatic nitrogens is 2. The standard InChI is InChI=1S/C26H29F2N3O3/c1-4-30-16-19(25(34-30)18-11-12-22(27)23(28)14-18)13-21(32)15-24-17(3)26(33-5-2)29-31(24)20-9-7-6-8-10-20/h6-12,14,19,25H,4-5,13,15-16H2,1-3H3/t19-,25+/m1/s1. The van der Waals surface area contributed by atoms with Crippen molar-refractivity contribution in [2.45, 2.75) is 39.7 Å². The van der Waals surface area contributed by atoms with E-state index in [4.69, 9.17) is 9.57 Å². The first-order valence-electron chi connectivity index (χ1n) is 11.6. The van der Waals surface area contributed by atoms with Gasteiger partial charge in [0.2, 0.25) is 5.88 Å². The zero-order chi connectivity index (χ0) is 24.2. The molecule has 8 heteroatoms. The van der Waals surface area contributed by atoms with Gasteiger partial charge in [0.05, 0.1) is 18.0 Å². The molecule has 0 N–H and O–H groups in total. The number of hydrogen-bond acceptors (Lipinski definition) is 5. The number of hydroxylamine groups is 2. The van der Waals surface area contributed by atoms with E-state index in [1.807, 2.05) is 51.1 Å². The van der Waals surface area contributed by atoms with E-state index in [2.05, 4.69) is 5.10 Å². The highest BCUT2D eigenvalue weighted by Crippen LogP contribution is 2.37. The lowest BCUT2D eigenvalue weighted by atomic mass is 9.90. The lowest BCUT2D eigenvalue weighted by Crippen LogP contribution is -2.20. The van der Waals surface area contributed by atoms with Gasteiger partial charge >= 0.3 is 0 Å². The van der Waals surface area contributed by atoms with Crippen molar-refractivity contribution in [2.75, 3.05) is 19.7 Å². The molecule has 0 radical (unpaired) electrons. The predicted molar refractivity (Wildman–Crippen MR) is 124 cm³/mol. The number of nitrogens with zero attached hydrogens (tertiary/aromatic N) is 3. The fourth-order valence-electron chi connectivity index (χ4n) is 4.37. The number of halogens is 2. The molecule has 1 aliphatic rings. The number of para-hydroxylation sites is 1. The molecular weight excluding hydrogens is 440 g/mol. The van der Waals surface area contributed by atoms with Gasteiger partial charge in [0, 0.05) is 37.4 Å². The summed E-state index contributed by atoms with van der Waals surface area (Å²) in [6, 6.07) is 13.4. The number of carbonyl (C=O) groups excluding carboxylic acids is 1. The molecule has 1 aliphatic heterocycles. The summed E-state index contributed by atoms with van der Waals surface area (Å²) in [5.41, 5.74) is 2.97. The van der Waals surface area contributed by atoms with Crippen LogP contribution in [-0.4, -0.2) is 40.3 Å². The van der Waals surface area contributed by atoms with Gasteiger partial charge in [-0.2, -0.15) is 5.06 Å². The van der Waals surface area contributed by atoms with Gasteiger partial charge in [-0.3, -0.25) is 9.63 Å². The molecule has 2 atom stereocenters. The molecule has 0 amide bonds. The summed E-state index contributed by atoms with van der Waals surface area (Å²) in [7, 11) is 0. The molecule has 0 saturated carbocycles. The second kappa shape index (κ2) is 10.4. The Kier molecular flexibility index (Phi) is 7.38. The van der Waals surface area contributed by atoms with Crippen LogP contribution in [0.5, 0.6) is 5.88 Å². The molecule has 0 unspecified atom stereocenters. The minimum Gasteiger partial charge on any atom is -0.477 e. The van der Waals surface area contributed by atoms with Crippen LogP contribution < -0.4 is 4.74 Å². The van der Waals surface area contributed by atoms with Crippen molar-refractivity contribution < 1.29 is 23.1 Å². The third kappa shape index (κ3) is 5.03. The second-order valence-electron chi connectivity index (χ2n) is 8.42. The normalized spacial score (nSPS) is 18.4. The van der Waals surface area contributed by atoms with E-state index in [0.29, 0.717) is 31.1 Å². The maximum absolute atomic E-state index is 13.9. The molecule has 2 heterocycles. The highest BCUT2D eigenvalue weighted by Gasteiger charge is 2.36. The van der Waals surface area contributed by atoms with E-state index in [-0.39, 0.29) is 24.5 Å². The van der Waals surface area contributed by atoms with E-state index in [9.17, 15) is 13.6 Å². The van der Waals surface area contributed by atoms with E-state index in [1.54, 1.807) is 9.75 Å². The molecular formula is C26H29F2N3O3. The number of rotatable bonds is 9. The summed E-state index contributed by atoms with van der Waals surface area (Å²) in [5.74, 6) is -1.49. The molecule has 3 aromatic rings. The van der Waals surface area contributed by atoms with E-state index < -0.39 is 17.7 Å². The highest BCUT2D eigenvalue weighted by molar-refractivity contribution is 5.81. The summed E-state index contributed by atoms with van der Waals surface area (Å²) in [6.07, 6.45) is -0.101. The largest absolute Gasteiger partial charge is 0.477 e. The van der Waals surface area contributed by atoms with Crippen LogP contribution in [0.15, 0.2) is 48.5 Å². The maximum Gasteiger partial charge on any atom is 0.236 e. The van der Waals surface area contributed by atoms with Crippen LogP contribution in [0, 0.1) is 24.5 Å². The molecule has 1 fully saturated rings. The van der Waals surface area contributed by atoms with Crippen molar-refractivity contribution in [3.05, 3.63) is 77.0 Å². The lowest BCUT2D eigenvalue weighted by Gasteiger charge is -2.18. The Bertz CT molecular complexity index is 1150. The van der Waals surface area contributed by atoms with Crippen LogP contribution in [-0.2, 0) is 16.1 Å². The van der Waals surface area contributed by atoms with Gasteiger partial charge in [0.25, 0.3) is 0 Å². The van der Waals surface area contributed by atoms with Crippen molar-refractivity contribution in [2.24, 2.45) is 5.92 Å². The van der Waals surface area contributed by atoms with Crippen LogP contribution in [0.4, 0.5) is 8.78 Å². The SMILES string of the molecule is CCOc1nn(-c2ccccc2)c(CC(=O)C[C@@H]2CN(CC)O[C@H]2c2ccc(F)c(F)c2)c1C. The van der Waals surface area contributed by atoms with Gasteiger partial charge in [-0.1, -0.05) is 31.2 Å². The molecule has 4 rings (SSSR count). The van der Waals surface area contributed by atoms with Gasteiger partial charge in [-0.15, -0.1) is 5.10 Å². The molecule has 1 aromatic heterocycles. The van der Waals surface area contributed by atoms with Gasteiger partial charge in [0.15, 0.2) is 11.6 Å². The quantitative estimate of drug-likeness (QED) is 0.442. The Balaban J connectivity index is 1.57. The lowest BCUT2D eigenvalue weighted by molar-refractivity contribution is -0.146. The molecule has 6 nitrogen and oxygen atoms in total. The number of ketones is 1. The van der Waals surface area contributed by atoms with Crippen molar-refractivity contribution in [3.63, 3.8) is 0 Å². The van der Waals surface area contributed by atoms with Crippen LogP contribution in [0.1, 0.15) is 43.2 Å². The molecule has 1 saturated heterocycles. The Morgan fingerprint density at radius 3 is 2.59 bits per heavy atom. The minimum absolute atomic E-state index is 0.0161. The first-order valence-corrected chi connectivity index (χ1v) is 11.6. The Hall–Kier alpha value is -3.10. The first kappa shape index (κ1) is 24.0. The summed E-state index contributed by atoms with van der Waals surface area (Å²) in [4.78, 5) is 19.2. The van der Waals surface area contributed by atoms with Gasteiger partial charge in [0.1, 0.15) is 11.9 Å². The summed E-state index contributed by atoms with van der Waals surface area (Å²) in [6.45, 7) is 7.38. The number of Topliss-reactive ketones (excluding diaryl/α,β-unsaturated/α-hetero) is 1. The Labute approximate surface area is 198 Å². The van der Waals surface area contributed by atoms with Crippen LogP contribution >= 0.6 is 0 Å². The van der Waals surface area contributed by atoms with E-state index in [0.717, 1.165) is 29.1 Å². The maximum atomic E-state index is 13.9. The number of hydrogen-bond donors (Lipinski definition) is 0. The third-order valence-corrected chi connectivity index (χ3v) is 6.09. The molecule has 0 aliphatic carbocycles. The van der Waals surface area contributed by atoms with Gasteiger partial charge in [-0.25, -0.2) is 13.5 Å². The number of ether oxygens (including phenoxy) is 1. The molecule has 2 aromatic carbocycles. The summed E-state index contributed by atoms with van der Waals surface area (Å²) >= 11 is 0. The monoisotopic (exact) mass is 469 g/mol. The molecule has 0 bridgehead atoms. The third-order valence-electron chi connectivity index (χ3n) is 6.09. The predicted octanol–water partition coefficient (Wildman–Crippen LogP) is 4.98. The first-order chi connectivity index (χ1) is 16.4.